The van der Waals surface area contributed by atoms with Crippen LogP contribution in [0.15, 0.2) is 42.0 Å². The molecular weight excluding hydrogens is 326 g/mol. The molecule has 1 heterocycles. The zero-order valence-corrected chi connectivity index (χ0v) is 14.3. The Hall–Kier alpha value is -2.66. The van der Waals surface area contributed by atoms with E-state index in [4.69, 9.17) is 11.6 Å². The Labute approximate surface area is 144 Å². The molecule has 2 aromatic rings. The number of H-pyrrole nitrogens is 1. The molecule has 24 heavy (non-hydrogen) atoms. The van der Waals surface area contributed by atoms with Gasteiger partial charge in [0.05, 0.1) is 11.8 Å². The standard InChI is InChI=1S/C18H18ClN3O2/c1-4-13-15(19)7-6-14-17(13)21-11-20-16(22(2)3)8-5-12(9-10-23)18(14)24/h4-8,10-11H,1,9H2,2-3H3,(H,20,21). The van der Waals surface area contributed by atoms with E-state index in [9.17, 15) is 9.59 Å². The van der Waals surface area contributed by atoms with E-state index in [0.29, 0.717) is 39.2 Å². The van der Waals surface area contributed by atoms with Crippen LogP contribution in [0.5, 0.6) is 0 Å². The molecule has 5 nitrogen and oxygen atoms in total. The van der Waals surface area contributed by atoms with Crippen molar-refractivity contribution in [2.45, 2.75) is 6.42 Å². The molecule has 124 valence electrons. The van der Waals surface area contributed by atoms with Crippen LogP contribution >= 0.6 is 11.6 Å². The lowest BCUT2D eigenvalue weighted by molar-refractivity contribution is -0.107. The van der Waals surface area contributed by atoms with Crippen LogP contribution in [0.4, 0.5) is 5.82 Å². The summed E-state index contributed by atoms with van der Waals surface area (Å²) >= 11 is 6.20. The summed E-state index contributed by atoms with van der Waals surface area (Å²) in [5.74, 6) is 0.629. The normalized spacial score (nSPS) is 10.1. The largest absolute Gasteiger partial charge is 0.363 e. The number of rotatable bonds is 4. The Morgan fingerprint density at radius 1 is 1.29 bits per heavy atom. The van der Waals surface area contributed by atoms with E-state index in [1.807, 2.05) is 14.1 Å². The van der Waals surface area contributed by atoms with Gasteiger partial charge in [0, 0.05) is 42.1 Å². The van der Waals surface area contributed by atoms with Gasteiger partial charge < -0.3 is 14.7 Å². The lowest BCUT2D eigenvalue weighted by Crippen LogP contribution is -2.11. The van der Waals surface area contributed by atoms with Crippen LogP contribution in [0.2, 0.25) is 5.02 Å². The van der Waals surface area contributed by atoms with Gasteiger partial charge in [0.15, 0.2) is 5.43 Å². The first-order valence-corrected chi connectivity index (χ1v) is 7.68. The fraction of sp³-hybridized carbons (Fsp3) is 0.167. The van der Waals surface area contributed by atoms with Crippen molar-refractivity contribution in [1.29, 1.82) is 0 Å². The molecule has 0 bridgehead atoms. The second-order valence-corrected chi connectivity index (χ2v) is 5.71. The Morgan fingerprint density at radius 3 is 2.67 bits per heavy atom. The summed E-state index contributed by atoms with van der Waals surface area (Å²) in [6.07, 6.45) is 3.80. The Bertz CT molecular complexity index is 903. The number of carbonyl (C=O) groups excluding carboxylic acids is 1. The van der Waals surface area contributed by atoms with Gasteiger partial charge in [-0.05, 0) is 18.2 Å². The molecular formula is C18H18ClN3O2. The van der Waals surface area contributed by atoms with Crippen molar-refractivity contribution in [1.82, 2.24) is 9.97 Å². The van der Waals surface area contributed by atoms with E-state index >= 15 is 0 Å². The predicted molar refractivity (Wildman–Crippen MR) is 99.2 cm³/mol. The number of anilines is 1. The Morgan fingerprint density at radius 2 is 2.04 bits per heavy atom. The average molecular weight is 344 g/mol. The number of aldehydes is 1. The molecule has 0 unspecified atom stereocenters. The summed E-state index contributed by atoms with van der Waals surface area (Å²) in [6.45, 7) is 3.75. The van der Waals surface area contributed by atoms with Crippen molar-refractivity contribution in [3.8, 4) is 0 Å². The van der Waals surface area contributed by atoms with Crippen molar-refractivity contribution < 1.29 is 4.79 Å². The maximum absolute atomic E-state index is 12.9. The molecule has 0 saturated heterocycles. The number of hydrogen-bond donors (Lipinski definition) is 1. The topological polar surface area (TPSA) is 66.1 Å². The van der Waals surface area contributed by atoms with Gasteiger partial charge in [-0.1, -0.05) is 30.3 Å². The van der Waals surface area contributed by atoms with Crippen LogP contribution in [0.25, 0.3) is 17.0 Å². The maximum Gasteiger partial charge on any atom is 0.191 e. The molecule has 0 fully saturated rings. The average Bonchev–Trinajstić information content (AvgIpc) is 2.55. The summed E-state index contributed by atoms with van der Waals surface area (Å²) in [7, 11) is 3.67. The van der Waals surface area contributed by atoms with E-state index in [1.165, 1.54) is 6.33 Å². The van der Waals surface area contributed by atoms with Crippen molar-refractivity contribution in [2.24, 2.45) is 0 Å². The molecule has 0 radical (unpaired) electrons. The SMILES string of the molecule is C=Cc1c(Cl)ccc2c(=O)c(CC=O)ccc(N(C)C)nc[nH]c12. The number of nitrogens with zero attached hydrogens (tertiary/aromatic N) is 2. The number of aromatic amines is 1. The summed E-state index contributed by atoms with van der Waals surface area (Å²) in [5.41, 5.74) is 1.26. The summed E-state index contributed by atoms with van der Waals surface area (Å²) in [5, 5.41) is 0.884. The lowest BCUT2D eigenvalue weighted by atomic mass is 10.1. The molecule has 0 saturated carbocycles. The number of aromatic nitrogens is 2. The van der Waals surface area contributed by atoms with Gasteiger partial charge in [-0.25, -0.2) is 4.98 Å². The van der Waals surface area contributed by atoms with Gasteiger partial charge in [0.2, 0.25) is 0 Å². The highest BCUT2D eigenvalue weighted by atomic mass is 35.5. The molecule has 0 amide bonds. The molecule has 0 aliphatic carbocycles. The first kappa shape index (κ1) is 17.7. The monoisotopic (exact) mass is 343 g/mol. The van der Waals surface area contributed by atoms with Crippen molar-refractivity contribution in [2.75, 3.05) is 19.0 Å². The molecule has 0 aliphatic rings. The number of fused-ring (bicyclic) bond motifs is 1. The fourth-order valence-corrected chi connectivity index (χ4v) is 2.52. The first-order chi connectivity index (χ1) is 11.5. The molecule has 0 atom stereocenters. The second kappa shape index (κ2) is 7.75. The smallest absolute Gasteiger partial charge is 0.191 e. The van der Waals surface area contributed by atoms with E-state index in [1.54, 1.807) is 35.2 Å². The molecule has 0 spiro atoms. The van der Waals surface area contributed by atoms with E-state index in [0.717, 1.165) is 0 Å². The molecule has 1 N–H and O–H groups in total. The minimum Gasteiger partial charge on any atom is -0.363 e. The van der Waals surface area contributed by atoms with Gasteiger partial charge >= 0.3 is 0 Å². The minimum atomic E-state index is -0.242. The summed E-state index contributed by atoms with van der Waals surface area (Å²) in [6, 6.07) is 6.59. The predicted octanol–water partition coefficient (Wildman–Crippen LogP) is 3.15. The van der Waals surface area contributed by atoms with Crippen LogP contribution in [-0.2, 0) is 11.2 Å². The van der Waals surface area contributed by atoms with Crippen molar-refractivity contribution in [3.05, 3.63) is 63.5 Å². The molecule has 6 heteroatoms. The summed E-state index contributed by atoms with van der Waals surface area (Å²) in [4.78, 5) is 33.0. The van der Waals surface area contributed by atoms with Gasteiger partial charge in [-0.3, -0.25) is 4.79 Å². The van der Waals surface area contributed by atoms with Crippen LogP contribution in [0.1, 0.15) is 11.1 Å². The number of halogens is 1. The number of hydrogen-bond acceptors (Lipinski definition) is 4. The number of nitrogens with one attached hydrogen (secondary N) is 1. The third kappa shape index (κ3) is 3.63. The van der Waals surface area contributed by atoms with Crippen LogP contribution in [0, 0.1) is 0 Å². The van der Waals surface area contributed by atoms with E-state index < -0.39 is 0 Å². The van der Waals surface area contributed by atoms with Crippen LogP contribution in [-0.4, -0.2) is 30.3 Å². The van der Waals surface area contributed by atoms with Crippen LogP contribution in [0.3, 0.4) is 0 Å². The highest BCUT2D eigenvalue weighted by Gasteiger charge is 2.07. The zero-order chi connectivity index (χ0) is 17.7. The zero-order valence-electron chi connectivity index (χ0n) is 13.5. The van der Waals surface area contributed by atoms with Gasteiger partial charge in [0.25, 0.3) is 0 Å². The fourth-order valence-electron chi connectivity index (χ4n) is 2.28. The van der Waals surface area contributed by atoms with E-state index in [2.05, 4.69) is 16.5 Å². The first-order valence-electron chi connectivity index (χ1n) is 7.30. The molecule has 2 rings (SSSR count). The van der Waals surface area contributed by atoms with Crippen LogP contribution < -0.4 is 10.3 Å². The second-order valence-electron chi connectivity index (χ2n) is 5.30. The third-order valence-corrected chi connectivity index (χ3v) is 3.86. The van der Waals surface area contributed by atoms with Gasteiger partial charge in [0.1, 0.15) is 12.1 Å². The quantitative estimate of drug-likeness (QED) is 0.866. The van der Waals surface area contributed by atoms with Crippen molar-refractivity contribution >= 4 is 40.7 Å². The maximum atomic E-state index is 12.9. The highest BCUT2D eigenvalue weighted by molar-refractivity contribution is 6.33. The van der Waals surface area contributed by atoms with Crippen molar-refractivity contribution in [3.63, 3.8) is 0 Å². The van der Waals surface area contributed by atoms with E-state index in [-0.39, 0.29) is 11.8 Å². The third-order valence-electron chi connectivity index (χ3n) is 3.53. The molecule has 1 aromatic carbocycles. The summed E-state index contributed by atoms with van der Waals surface area (Å²) < 4.78 is 0. The number of carbonyl (C=O) groups is 1. The highest BCUT2D eigenvalue weighted by Crippen LogP contribution is 2.23. The molecule has 0 aliphatic heterocycles. The Balaban J connectivity index is 3.05. The van der Waals surface area contributed by atoms with Gasteiger partial charge in [-0.15, -0.1) is 0 Å². The molecule has 1 aromatic heterocycles. The number of benzene rings is 1. The Kier molecular flexibility index (Phi) is 5.71. The minimum absolute atomic E-state index is 0.0191. The lowest BCUT2D eigenvalue weighted by Gasteiger charge is -2.09. The van der Waals surface area contributed by atoms with Gasteiger partial charge in [-0.2, -0.15) is 0 Å².